The van der Waals surface area contributed by atoms with Gasteiger partial charge in [-0.3, -0.25) is 4.90 Å². The number of alkyl carbamates (subject to hydrolysis) is 1. The van der Waals surface area contributed by atoms with E-state index in [-0.39, 0.29) is 11.1 Å². The molecule has 5 nitrogen and oxygen atoms in total. The SMILES string of the molecule is COC(C(c1cccc(F)c1F)c1cccc(F)c1F)N1CCC2(CC1)CNC(=O)O2. The second-order valence-corrected chi connectivity index (χ2v) is 7.85. The summed E-state index contributed by atoms with van der Waals surface area (Å²) in [6, 6.07) is 7.25. The maximum Gasteiger partial charge on any atom is 0.407 e. The molecule has 2 fully saturated rings. The highest BCUT2D eigenvalue weighted by Gasteiger charge is 2.45. The lowest BCUT2D eigenvalue weighted by molar-refractivity contribution is -0.0854. The fourth-order valence-corrected chi connectivity index (χ4v) is 4.46. The van der Waals surface area contributed by atoms with Gasteiger partial charge in [0.15, 0.2) is 23.3 Å². The fraction of sp³-hybridized carbons (Fsp3) is 0.409. The number of halogens is 4. The molecule has 0 aliphatic carbocycles. The summed E-state index contributed by atoms with van der Waals surface area (Å²) < 4.78 is 68.7. The van der Waals surface area contributed by atoms with Gasteiger partial charge in [0.25, 0.3) is 0 Å². The number of ether oxygens (including phenoxy) is 2. The molecule has 2 aliphatic rings. The van der Waals surface area contributed by atoms with Crippen LogP contribution in [0, 0.1) is 23.3 Å². The first-order chi connectivity index (χ1) is 14.8. The normalized spacial score (nSPS) is 19.5. The predicted molar refractivity (Wildman–Crippen MR) is 103 cm³/mol. The molecule has 1 spiro atoms. The van der Waals surface area contributed by atoms with Crippen LogP contribution >= 0.6 is 0 Å². The number of nitrogens with one attached hydrogen (secondary N) is 1. The monoisotopic (exact) mass is 438 g/mol. The van der Waals surface area contributed by atoms with Crippen molar-refractivity contribution >= 4 is 6.09 Å². The van der Waals surface area contributed by atoms with E-state index >= 15 is 0 Å². The van der Waals surface area contributed by atoms with E-state index in [4.69, 9.17) is 9.47 Å². The molecule has 0 radical (unpaired) electrons. The Balaban J connectivity index is 1.71. The van der Waals surface area contributed by atoms with Crippen LogP contribution in [0.4, 0.5) is 22.4 Å². The van der Waals surface area contributed by atoms with Crippen LogP contribution in [0.3, 0.4) is 0 Å². The van der Waals surface area contributed by atoms with Crippen molar-refractivity contribution in [1.29, 1.82) is 0 Å². The number of amides is 1. The topological polar surface area (TPSA) is 50.8 Å². The van der Waals surface area contributed by atoms with Crippen LogP contribution in [0.15, 0.2) is 36.4 Å². The average Bonchev–Trinajstić information content (AvgIpc) is 3.12. The van der Waals surface area contributed by atoms with Gasteiger partial charge in [-0.1, -0.05) is 24.3 Å². The highest BCUT2D eigenvalue weighted by atomic mass is 19.2. The maximum absolute atomic E-state index is 14.8. The van der Waals surface area contributed by atoms with E-state index in [2.05, 4.69) is 5.32 Å². The van der Waals surface area contributed by atoms with Gasteiger partial charge < -0.3 is 14.8 Å². The van der Waals surface area contributed by atoms with Gasteiger partial charge in [0.1, 0.15) is 11.8 Å². The maximum atomic E-state index is 14.8. The van der Waals surface area contributed by atoms with E-state index in [9.17, 15) is 22.4 Å². The molecule has 0 bridgehead atoms. The molecule has 2 aromatic carbocycles. The lowest BCUT2D eigenvalue weighted by Crippen LogP contribution is -2.52. The Bertz CT molecular complexity index is 928. The van der Waals surface area contributed by atoms with Crippen LogP contribution in [0.5, 0.6) is 0 Å². The summed E-state index contributed by atoms with van der Waals surface area (Å²) in [5.74, 6) is -5.58. The van der Waals surface area contributed by atoms with Crippen molar-refractivity contribution in [2.75, 3.05) is 26.7 Å². The van der Waals surface area contributed by atoms with Crippen molar-refractivity contribution in [3.8, 4) is 0 Å². The summed E-state index contributed by atoms with van der Waals surface area (Å²) in [6.07, 6.45) is -0.418. The minimum atomic E-state index is -1.14. The lowest BCUT2D eigenvalue weighted by Gasteiger charge is -2.43. The van der Waals surface area contributed by atoms with Crippen molar-refractivity contribution in [3.63, 3.8) is 0 Å². The quantitative estimate of drug-likeness (QED) is 0.719. The number of hydrogen-bond donors (Lipinski definition) is 1. The van der Waals surface area contributed by atoms with Crippen LogP contribution in [-0.4, -0.2) is 49.6 Å². The van der Waals surface area contributed by atoms with Crippen LogP contribution in [0.1, 0.15) is 29.9 Å². The van der Waals surface area contributed by atoms with Crippen LogP contribution < -0.4 is 5.32 Å². The van der Waals surface area contributed by atoms with E-state index in [1.54, 1.807) is 0 Å². The molecule has 9 heteroatoms. The molecule has 2 aromatic rings. The Hall–Kier alpha value is -2.65. The number of carbonyl (C=O) groups is 1. The average molecular weight is 438 g/mol. The van der Waals surface area contributed by atoms with E-state index < -0.39 is 47.1 Å². The molecule has 1 atom stereocenters. The second-order valence-electron chi connectivity index (χ2n) is 7.85. The zero-order chi connectivity index (χ0) is 22.2. The lowest BCUT2D eigenvalue weighted by atomic mass is 9.85. The third-order valence-corrected chi connectivity index (χ3v) is 6.09. The van der Waals surface area contributed by atoms with Gasteiger partial charge in [-0.05, 0) is 12.1 Å². The van der Waals surface area contributed by atoms with Gasteiger partial charge in [0.05, 0.1) is 12.5 Å². The van der Waals surface area contributed by atoms with Crippen LogP contribution in [0.2, 0.25) is 0 Å². The van der Waals surface area contributed by atoms with Gasteiger partial charge in [-0.25, -0.2) is 22.4 Å². The fourth-order valence-electron chi connectivity index (χ4n) is 4.46. The number of benzene rings is 2. The smallest absolute Gasteiger partial charge is 0.407 e. The molecule has 31 heavy (non-hydrogen) atoms. The standard InChI is InChI=1S/C22H22F4N2O3/c1-30-20(28-10-8-22(9-11-28)12-27-21(29)31-22)17(13-4-2-6-15(23)18(13)25)14-5-3-7-16(24)19(14)26/h2-7,17,20H,8-12H2,1H3,(H,27,29). The summed E-state index contributed by atoms with van der Waals surface area (Å²) in [6.45, 7) is 1.19. The Morgan fingerprint density at radius 3 is 2.00 bits per heavy atom. The predicted octanol–water partition coefficient (Wildman–Crippen LogP) is 3.92. The van der Waals surface area contributed by atoms with Gasteiger partial charge in [0.2, 0.25) is 0 Å². The molecular weight excluding hydrogens is 416 g/mol. The summed E-state index contributed by atoms with van der Waals surface area (Å²) in [5, 5.41) is 2.65. The number of nitrogens with zero attached hydrogens (tertiary/aromatic N) is 1. The molecule has 4 rings (SSSR count). The Kier molecular flexibility index (Phi) is 5.90. The molecule has 0 aromatic heterocycles. The van der Waals surface area contributed by atoms with Gasteiger partial charge >= 0.3 is 6.09 Å². The summed E-state index contributed by atoms with van der Waals surface area (Å²) in [7, 11) is 1.38. The van der Waals surface area contributed by atoms with Crippen molar-refractivity contribution in [1.82, 2.24) is 10.2 Å². The van der Waals surface area contributed by atoms with Crippen molar-refractivity contribution in [2.24, 2.45) is 0 Å². The van der Waals surface area contributed by atoms with E-state index in [1.165, 1.54) is 31.4 Å². The first-order valence-electron chi connectivity index (χ1n) is 9.97. The Labute approximate surface area is 176 Å². The minimum Gasteiger partial charge on any atom is -0.441 e. The van der Waals surface area contributed by atoms with Gasteiger partial charge in [0, 0.05) is 44.2 Å². The molecule has 2 heterocycles. The Morgan fingerprint density at radius 1 is 1.00 bits per heavy atom. The highest BCUT2D eigenvalue weighted by molar-refractivity contribution is 5.70. The molecule has 1 amide bonds. The number of piperidine rings is 1. The van der Waals surface area contributed by atoms with E-state index in [0.29, 0.717) is 32.5 Å². The van der Waals surface area contributed by atoms with Crippen LogP contribution in [0.25, 0.3) is 0 Å². The molecule has 1 N–H and O–H groups in total. The van der Waals surface area contributed by atoms with Crippen molar-refractivity contribution < 1.29 is 31.8 Å². The van der Waals surface area contributed by atoms with E-state index in [0.717, 1.165) is 12.1 Å². The molecule has 2 aliphatic heterocycles. The second kappa shape index (κ2) is 8.47. The summed E-state index contributed by atoms with van der Waals surface area (Å²) in [4.78, 5) is 13.3. The van der Waals surface area contributed by atoms with Gasteiger partial charge in [-0.15, -0.1) is 0 Å². The zero-order valence-electron chi connectivity index (χ0n) is 16.8. The van der Waals surface area contributed by atoms with Crippen LogP contribution in [-0.2, 0) is 9.47 Å². The molecule has 2 saturated heterocycles. The van der Waals surface area contributed by atoms with Crippen molar-refractivity contribution in [2.45, 2.75) is 30.6 Å². The number of likely N-dealkylation sites (tertiary alicyclic amines) is 1. The molecule has 0 saturated carbocycles. The third-order valence-electron chi connectivity index (χ3n) is 6.09. The number of carbonyl (C=O) groups excluding carboxylic acids is 1. The first kappa shape index (κ1) is 21.6. The first-order valence-corrected chi connectivity index (χ1v) is 9.97. The third kappa shape index (κ3) is 3.99. The molecular formula is C22H22F4N2O3. The number of rotatable bonds is 5. The zero-order valence-corrected chi connectivity index (χ0v) is 16.8. The van der Waals surface area contributed by atoms with Crippen molar-refractivity contribution in [3.05, 3.63) is 70.8 Å². The number of hydrogen-bond acceptors (Lipinski definition) is 4. The Morgan fingerprint density at radius 2 is 1.55 bits per heavy atom. The highest BCUT2D eigenvalue weighted by Crippen LogP contribution is 2.38. The number of methoxy groups -OCH3 is 1. The molecule has 1 unspecified atom stereocenters. The van der Waals surface area contributed by atoms with Gasteiger partial charge in [-0.2, -0.15) is 0 Å². The summed E-state index contributed by atoms with van der Waals surface area (Å²) >= 11 is 0. The summed E-state index contributed by atoms with van der Waals surface area (Å²) in [5.41, 5.74) is -0.897. The molecule has 166 valence electrons. The van der Waals surface area contributed by atoms with E-state index in [1.807, 2.05) is 4.90 Å². The minimum absolute atomic E-state index is 0.134. The largest absolute Gasteiger partial charge is 0.441 e.